The van der Waals surface area contributed by atoms with Crippen LogP contribution in [-0.2, 0) is 0 Å². The lowest BCUT2D eigenvalue weighted by atomic mass is 10.3. The number of hydrogen-bond donors (Lipinski definition) is 0. The summed E-state index contributed by atoms with van der Waals surface area (Å²) in [5, 5.41) is 0. The second kappa shape index (κ2) is 3.50. The van der Waals surface area contributed by atoms with Crippen molar-refractivity contribution in [1.29, 1.82) is 0 Å². The minimum absolute atomic E-state index is 1.11. The molecule has 0 atom stereocenters. The first kappa shape index (κ1) is 8.14. The second-order valence-electron chi connectivity index (χ2n) is 2.68. The SMILES string of the molecule is Cc1ccc(C2=CC=CCS2)s1. The molecule has 1 aliphatic heterocycles. The van der Waals surface area contributed by atoms with Gasteiger partial charge in [0, 0.05) is 20.4 Å². The van der Waals surface area contributed by atoms with Crippen LogP contribution in [-0.4, -0.2) is 5.75 Å². The summed E-state index contributed by atoms with van der Waals surface area (Å²) in [5.74, 6) is 1.11. The van der Waals surface area contributed by atoms with Crippen LogP contribution in [0, 0.1) is 6.92 Å². The van der Waals surface area contributed by atoms with E-state index >= 15 is 0 Å². The third-order valence-electron chi connectivity index (χ3n) is 1.70. The van der Waals surface area contributed by atoms with Gasteiger partial charge in [-0.2, -0.15) is 0 Å². The van der Waals surface area contributed by atoms with Gasteiger partial charge in [-0.05, 0) is 25.1 Å². The van der Waals surface area contributed by atoms with Crippen molar-refractivity contribution in [3.63, 3.8) is 0 Å². The van der Waals surface area contributed by atoms with Gasteiger partial charge in [-0.1, -0.05) is 12.2 Å². The Morgan fingerprint density at radius 1 is 1.33 bits per heavy atom. The average Bonchev–Trinajstić information content (AvgIpc) is 2.54. The Morgan fingerprint density at radius 3 is 2.83 bits per heavy atom. The summed E-state index contributed by atoms with van der Waals surface area (Å²) in [5.41, 5.74) is 0. The molecule has 2 heteroatoms. The van der Waals surface area contributed by atoms with Crippen LogP contribution in [0.25, 0.3) is 4.91 Å². The number of thioether (sulfide) groups is 1. The van der Waals surface area contributed by atoms with E-state index in [0.717, 1.165) is 5.75 Å². The zero-order valence-electron chi connectivity index (χ0n) is 6.91. The fraction of sp³-hybridized carbons (Fsp3) is 0.200. The highest BCUT2D eigenvalue weighted by Gasteiger charge is 2.04. The van der Waals surface area contributed by atoms with Crippen molar-refractivity contribution < 1.29 is 0 Å². The van der Waals surface area contributed by atoms with Crippen LogP contribution >= 0.6 is 23.1 Å². The van der Waals surface area contributed by atoms with Gasteiger partial charge >= 0.3 is 0 Å². The highest BCUT2D eigenvalue weighted by atomic mass is 32.2. The Bertz CT molecular complexity index is 331. The Kier molecular flexibility index (Phi) is 2.38. The van der Waals surface area contributed by atoms with Crippen molar-refractivity contribution in [3.05, 3.63) is 40.1 Å². The molecule has 1 aromatic rings. The summed E-state index contributed by atoms with van der Waals surface area (Å²) >= 11 is 3.79. The Morgan fingerprint density at radius 2 is 2.25 bits per heavy atom. The monoisotopic (exact) mass is 194 g/mol. The molecule has 0 nitrogen and oxygen atoms in total. The van der Waals surface area contributed by atoms with Gasteiger partial charge in [-0.25, -0.2) is 0 Å². The average molecular weight is 194 g/mol. The molecule has 0 N–H and O–H groups in total. The first-order valence-electron chi connectivity index (χ1n) is 3.93. The van der Waals surface area contributed by atoms with Crippen molar-refractivity contribution in [2.24, 2.45) is 0 Å². The van der Waals surface area contributed by atoms with Crippen molar-refractivity contribution in [2.45, 2.75) is 6.92 Å². The Hall–Kier alpha value is -0.470. The summed E-state index contributed by atoms with van der Waals surface area (Å²) in [6.07, 6.45) is 6.52. The number of thiophene rings is 1. The summed E-state index contributed by atoms with van der Waals surface area (Å²) in [6, 6.07) is 4.39. The first-order chi connectivity index (χ1) is 5.86. The maximum Gasteiger partial charge on any atom is 0.0409 e. The lowest BCUT2D eigenvalue weighted by molar-refractivity contribution is 1.64. The maximum atomic E-state index is 2.21. The van der Waals surface area contributed by atoms with Crippen LogP contribution in [0.2, 0.25) is 0 Å². The van der Waals surface area contributed by atoms with Gasteiger partial charge in [0.2, 0.25) is 0 Å². The number of allylic oxidation sites excluding steroid dienone is 2. The Balaban J connectivity index is 2.30. The van der Waals surface area contributed by atoms with Crippen LogP contribution in [0.15, 0.2) is 30.4 Å². The molecule has 0 saturated heterocycles. The van der Waals surface area contributed by atoms with Crippen molar-refractivity contribution in [2.75, 3.05) is 5.75 Å². The van der Waals surface area contributed by atoms with Gasteiger partial charge in [0.15, 0.2) is 0 Å². The molecule has 0 bridgehead atoms. The van der Waals surface area contributed by atoms with Gasteiger partial charge in [-0.15, -0.1) is 23.1 Å². The first-order valence-corrected chi connectivity index (χ1v) is 5.73. The van der Waals surface area contributed by atoms with Gasteiger partial charge in [-0.3, -0.25) is 0 Å². The molecule has 0 aliphatic carbocycles. The lowest BCUT2D eigenvalue weighted by Crippen LogP contribution is -1.80. The molecule has 1 aromatic heterocycles. The van der Waals surface area contributed by atoms with E-state index in [1.807, 2.05) is 23.1 Å². The molecular weight excluding hydrogens is 184 g/mol. The zero-order chi connectivity index (χ0) is 8.39. The van der Waals surface area contributed by atoms with Gasteiger partial charge in [0.25, 0.3) is 0 Å². The van der Waals surface area contributed by atoms with Gasteiger partial charge in [0.1, 0.15) is 0 Å². The van der Waals surface area contributed by atoms with Crippen molar-refractivity contribution in [1.82, 2.24) is 0 Å². The van der Waals surface area contributed by atoms with Crippen LogP contribution in [0.5, 0.6) is 0 Å². The molecular formula is C10H10S2. The van der Waals surface area contributed by atoms with E-state index in [-0.39, 0.29) is 0 Å². The van der Waals surface area contributed by atoms with E-state index in [1.54, 1.807) is 0 Å². The Labute approximate surface area is 81.0 Å². The van der Waals surface area contributed by atoms with E-state index in [1.165, 1.54) is 14.7 Å². The highest BCUT2D eigenvalue weighted by molar-refractivity contribution is 8.08. The second-order valence-corrected chi connectivity index (χ2v) is 5.03. The molecule has 0 amide bonds. The van der Waals surface area contributed by atoms with E-state index < -0.39 is 0 Å². The van der Waals surface area contributed by atoms with E-state index in [9.17, 15) is 0 Å². The van der Waals surface area contributed by atoms with E-state index in [2.05, 4.69) is 37.3 Å². The molecule has 0 fully saturated rings. The summed E-state index contributed by atoms with van der Waals surface area (Å²) < 4.78 is 0. The lowest BCUT2D eigenvalue weighted by Gasteiger charge is -2.04. The third-order valence-corrected chi connectivity index (χ3v) is 3.89. The summed E-state index contributed by atoms with van der Waals surface area (Å²) in [6.45, 7) is 2.15. The van der Waals surface area contributed by atoms with Crippen molar-refractivity contribution in [3.8, 4) is 0 Å². The maximum absolute atomic E-state index is 2.21. The molecule has 2 rings (SSSR count). The summed E-state index contributed by atoms with van der Waals surface area (Å²) in [4.78, 5) is 4.21. The molecule has 0 spiro atoms. The molecule has 0 aromatic carbocycles. The molecule has 0 saturated carbocycles. The number of rotatable bonds is 1. The smallest absolute Gasteiger partial charge is 0.0409 e. The van der Waals surface area contributed by atoms with E-state index in [4.69, 9.17) is 0 Å². The van der Waals surface area contributed by atoms with Gasteiger partial charge in [0.05, 0.1) is 0 Å². The predicted octanol–water partition coefficient (Wildman–Crippen LogP) is 3.70. The topological polar surface area (TPSA) is 0 Å². The minimum Gasteiger partial charge on any atom is -0.140 e. The van der Waals surface area contributed by atoms with Crippen LogP contribution < -0.4 is 0 Å². The number of hydrogen-bond acceptors (Lipinski definition) is 2. The normalized spacial score (nSPS) is 16.2. The van der Waals surface area contributed by atoms with Crippen LogP contribution in [0.1, 0.15) is 9.75 Å². The van der Waals surface area contributed by atoms with Crippen molar-refractivity contribution >= 4 is 28.0 Å². The molecule has 1 aliphatic rings. The quantitative estimate of drug-likeness (QED) is 0.657. The fourth-order valence-corrected chi connectivity index (χ4v) is 2.98. The highest BCUT2D eigenvalue weighted by Crippen LogP contribution is 2.34. The predicted molar refractivity (Wildman–Crippen MR) is 58.6 cm³/mol. The standard InChI is InChI=1S/C10H10S2/c1-8-5-6-10(12-8)9-4-2-3-7-11-9/h2-6H,7H2,1H3. The summed E-state index contributed by atoms with van der Waals surface area (Å²) in [7, 11) is 0. The van der Waals surface area contributed by atoms with Crippen LogP contribution in [0.4, 0.5) is 0 Å². The minimum atomic E-state index is 1.11. The van der Waals surface area contributed by atoms with Gasteiger partial charge < -0.3 is 0 Å². The molecule has 0 radical (unpaired) electrons. The van der Waals surface area contributed by atoms with E-state index in [0.29, 0.717) is 0 Å². The molecule has 62 valence electrons. The molecule has 0 unspecified atom stereocenters. The number of aryl methyl sites for hydroxylation is 1. The molecule has 2 heterocycles. The zero-order valence-corrected chi connectivity index (χ0v) is 8.54. The molecule has 12 heavy (non-hydrogen) atoms. The third kappa shape index (κ3) is 1.65. The van der Waals surface area contributed by atoms with Crippen LogP contribution in [0.3, 0.4) is 0 Å². The largest absolute Gasteiger partial charge is 0.140 e. The fourth-order valence-electron chi connectivity index (χ4n) is 1.12.